The number of amides is 1. The fourth-order valence-electron chi connectivity index (χ4n) is 3.18. The summed E-state index contributed by atoms with van der Waals surface area (Å²) in [7, 11) is 3.70. The highest BCUT2D eigenvalue weighted by Gasteiger charge is 2.45. The van der Waals surface area contributed by atoms with E-state index >= 15 is 0 Å². The molecule has 1 saturated heterocycles. The minimum atomic E-state index is -0.800. The number of hydrogen-bond acceptors (Lipinski definition) is 5. The van der Waals surface area contributed by atoms with Gasteiger partial charge in [-0.1, -0.05) is 12.1 Å². The number of likely N-dealkylation sites (tertiary alicyclic amines) is 1. The number of rotatable bonds is 5. The number of ketones is 1. The molecule has 146 valence electrons. The van der Waals surface area contributed by atoms with Crippen LogP contribution in [0.2, 0.25) is 0 Å². The first-order valence-electron chi connectivity index (χ1n) is 8.77. The summed E-state index contributed by atoms with van der Waals surface area (Å²) >= 11 is 0. The number of hydrogen-bond donors (Lipinski definition) is 2. The number of Topliss-reactive ketones (excluding diaryl/α,β-unsaturated/α-hetero) is 1. The summed E-state index contributed by atoms with van der Waals surface area (Å²) < 4.78 is 13.2. The molecule has 1 fully saturated rings. The number of nitrogens with zero attached hydrogens (tertiary/aromatic N) is 2. The Hall–Kier alpha value is -3.19. The van der Waals surface area contributed by atoms with Crippen LogP contribution in [0.3, 0.4) is 0 Å². The van der Waals surface area contributed by atoms with Crippen molar-refractivity contribution in [2.24, 2.45) is 0 Å². The van der Waals surface area contributed by atoms with E-state index in [2.05, 4.69) is 0 Å². The van der Waals surface area contributed by atoms with Crippen LogP contribution in [0.15, 0.2) is 54.1 Å². The number of phenols is 1. The zero-order valence-electron chi connectivity index (χ0n) is 15.6. The van der Waals surface area contributed by atoms with E-state index in [1.807, 2.05) is 19.0 Å². The Bertz CT molecular complexity index is 920. The average Bonchev–Trinajstić information content (AvgIpc) is 2.91. The highest BCUT2D eigenvalue weighted by molar-refractivity contribution is 6.46. The highest BCUT2D eigenvalue weighted by Crippen LogP contribution is 2.39. The maximum Gasteiger partial charge on any atom is 0.295 e. The summed E-state index contributed by atoms with van der Waals surface area (Å²) in [6, 6.07) is 10.4. The monoisotopic (exact) mass is 384 g/mol. The van der Waals surface area contributed by atoms with Gasteiger partial charge in [0.05, 0.1) is 11.6 Å². The molecule has 1 aliphatic rings. The maximum absolute atomic E-state index is 13.2. The van der Waals surface area contributed by atoms with E-state index in [0.29, 0.717) is 12.1 Å². The Balaban J connectivity index is 2.13. The van der Waals surface area contributed by atoms with Crippen LogP contribution >= 0.6 is 0 Å². The lowest BCUT2D eigenvalue weighted by molar-refractivity contribution is -0.140. The summed E-state index contributed by atoms with van der Waals surface area (Å²) in [5, 5.41) is 20.4. The number of phenolic OH excluding ortho intramolecular Hbond substituents is 1. The fraction of sp³-hybridized carbons (Fsp3) is 0.238. The molecule has 3 rings (SSSR count). The third kappa shape index (κ3) is 3.75. The molecular formula is C21H21FN2O4. The SMILES string of the molecule is CN(C)CCN1C(=O)C(=O)/C(=C(\O)c2ccc(F)cc2)C1c1ccc(O)cc1. The molecule has 1 unspecified atom stereocenters. The van der Waals surface area contributed by atoms with Gasteiger partial charge in [0.25, 0.3) is 11.7 Å². The van der Waals surface area contributed by atoms with Gasteiger partial charge in [-0.2, -0.15) is 0 Å². The molecule has 0 aliphatic carbocycles. The van der Waals surface area contributed by atoms with Crippen molar-refractivity contribution in [3.8, 4) is 5.75 Å². The molecule has 28 heavy (non-hydrogen) atoms. The number of aromatic hydroxyl groups is 1. The van der Waals surface area contributed by atoms with Crippen molar-refractivity contribution in [1.82, 2.24) is 9.80 Å². The normalized spacial score (nSPS) is 18.9. The van der Waals surface area contributed by atoms with E-state index in [4.69, 9.17) is 0 Å². The van der Waals surface area contributed by atoms with Gasteiger partial charge in [0.15, 0.2) is 0 Å². The number of benzene rings is 2. The lowest BCUT2D eigenvalue weighted by Gasteiger charge is -2.26. The van der Waals surface area contributed by atoms with E-state index in [-0.39, 0.29) is 29.2 Å². The molecule has 0 spiro atoms. The Labute approximate surface area is 162 Å². The molecule has 1 atom stereocenters. The van der Waals surface area contributed by atoms with Gasteiger partial charge in [0.2, 0.25) is 0 Å². The second kappa shape index (κ2) is 7.82. The first kappa shape index (κ1) is 19.6. The van der Waals surface area contributed by atoms with Gasteiger partial charge in [-0.05, 0) is 56.1 Å². The number of carbonyl (C=O) groups excluding carboxylic acids is 2. The van der Waals surface area contributed by atoms with Crippen molar-refractivity contribution in [2.75, 3.05) is 27.2 Å². The highest BCUT2D eigenvalue weighted by atomic mass is 19.1. The van der Waals surface area contributed by atoms with Crippen LogP contribution in [0.4, 0.5) is 4.39 Å². The van der Waals surface area contributed by atoms with Gasteiger partial charge in [0.1, 0.15) is 17.3 Å². The molecule has 0 saturated carbocycles. The zero-order valence-corrected chi connectivity index (χ0v) is 15.6. The van der Waals surface area contributed by atoms with E-state index in [1.165, 1.54) is 41.3 Å². The Morgan fingerprint density at radius 3 is 2.25 bits per heavy atom. The van der Waals surface area contributed by atoms with Crippen molar-refractivity contribution < 1.29 is 24.2 Å². The molecule has 0 radical (unpaired) electrons. The predicted molar refractivity (Wildman–Crippen MR) is 102 cm³/mol. The van der Waals surface area contributed by atoms with Gasteiger partial charge in [-0.3, -0.25) is 9.59 Å². The smallest absolute Gasteiger partial charge is 0.295 e. The Morgan fingerprint density at radius 2 is 1.68 bits per heavy atom. The van der Waals surface area contributed by atoms with Crippen molar-refractivity contribution in [2.45, 2.75) is 6.04 Å². The van der Waals surface area contributed by atoms with Crippen LogP contribution in [-0.4, -0.2) is 58.9 Å². The topological polar surface area (TPSA) is 81.1 Å². The molecule has 1 amide bonds. The minimum absolute atomic E-state index is 0.0486. The number of likely N-dealkylation sites (N-methyl/N-ethyl adjacent to an activating group) is 1. The van der Waals surface area contributed by atoms with Crippen molar-refractivity contribution >= 4 is 17.4 Å². The van der Waals surface area contributed by atoms with Gasteiger partial charge >= 0.3 is 0 Å². The van der Waals surface area contributed by atoms with E-state index in [0.717, 1.165) is 0 Å². The first-order chi connectivity index (χ1) is 13.3. The number of aliphatic hydroxyl groups excluding tert-OH is 1. The molecule has 0 bridgehead atoms. The quantitative estimate of drug-likeness (QED) is 0.470. The average molecular weight is 384 g/mol. The lowest BCUT2D eigenvalue weighted by Crippen LogP contribution is -2.35. The summed E-state index contributed by atoms with van der Waals surface area (Å²) in [4.78, 5) is 28.7. The van der Waals surface area contributed by atoms with Crippen LogP contribution in [0.1, 0.15) is 17.2 Å². The molecule has 1 aliphatic heterocycles. The third-order valence-electron chi connectivity index (χ3n) is 4.65. The Kier molecular flexibility index (Phi) is 5.46. The standard InChI is InChI=1S/C21H21FN2O4/c1-23(2)11-12-24-18(13-5-9-16(25)10-6-13)17(20(27)21(24)28)19(26)14-3-7-15(22)8-4-14/h3-10,18,25-26H,11-12H2,1-2H3/b19-17-. The molecule has 1 heterocycles. The lowest BCUT2D eigenvalue weighted by atomic mass is 9.95. The van der Waals surface area contributed by atoms with Crippen molar-refractivity contribution in [1.29, 1.82) is 0 Å². The van der Waals surface area contributed by atoms with Crippen LogP contribution < -0.4 is 0 Å². The van der Waals surface area contributed by atoms with Crippen LogP contribution in [0, 0.1) is 5.82 Å². The largest absolute Gasteiger partial charge is 0.508 e. The van der Waals surface area contributed by atoms with Crippen LogP contribution in [0.25, 0.3) is 5.76 Å². The second-order valence-electron chi connectivity index (χ2n) is 6.89. The zero-order chi connectivity index (χ0) is 20.4. The summed E-state index contributed by atoms with van der Waals surface area (Å²) in [6.07, 6.45) is 0. The molecular weight excluding hydrogens is 363 g/mol. The van der Waals surface area contributed by atoms with Gasteiger partial charge in [-0.25, -0.2) is 4.39 Å². The minimum Gasteiger partial charge on any atom is -0.508 e. The van der Waals surface area contributed by atoms with E-state index in [1.54, 1.807) is 12.1 Å². The number of carbonyl (C=O) groups is 2. The number of aliphatic hydroxyl groups is 1. The summed E-state index contributed by atoms with van der Waals surface area (Å²) in [5.41, 5.74) is 0.774. The molecule has 6 nitrogen and oxygen atoms in total. The van der Waals surface area contributed by atoms with Gasteiger partial charge < -0.3 is 20.0 Å². The van der Waals surface area contributed by atoms with Crippen LogP contribution in [-0.2, 0) is 9.59 Å². The first-order valence-corrected chi connectivity index (χ1v) is 8.77. The van der Waals surface area contributed by atoms with Gasteiger partial charge in [0, 0.05) is 18.7 Å². The van der Waals surface area contributed by atoms with Crippen LogP contribution in [0.5, 0.6) is 5.75 Å². The maximum atomic E-state index is 13.2. The number of halogens is 1. The fourth-order valence-corrected chi connectivity index (χ4v) is 3.18. The molecule has 2 aromatic rings. The summed E-state index contributed by atoms with van der Waals surface area (Å²) in [6.45, 7) is 0.807. The molecule has 7 heteroatoms. The van der Waals surface area contributed by atoms with Gasteiger partial charge in [-0.15, -0.1) is 0 Å². The summed E-state index contributed by atoms with van der Waals surface area (Å²) in [5.74, 6) is -2.28. The molecule has 0 aromatic heterocycles. The van der Waals surface area contributed by atoms with Crippen molar-refractivity contribution in [3.05, 3.63) is 71.0 Å². The molecule has 2 N–H and O–H groups in total. The van der Waals surface area contributed by atoms with Crippen molar-refractivity contribution in [3.63, 3.8) is 0 Å². The van der Waals surface area contributed by atoms with E-state index < -0.39 is 23.5 Å². The predicted octanol–water partition coefficient (Wildman–Crippen LogP) is 2.51. The second-order valence-corrected chi connectivity index (χ2v) is 6.89. The third-order valence-corrected chi connectivity index (χ3v) is 4.65. The Morgan fingerprint density at radius 1 is 1.07 bits per heavy atom. The van der Waals surface area contributed by atoms with E-state index in [9.17, 15) is 24.2 Å². The molecule has 2 aromatic carbocycles.